The Bertz CT molecular complexity index is 668. The van der Waals surface area contributed by atoms with Crippen molar-refractivity contribution in [1.82, 2.24) is 0 Å². The van der Waals surface area contributed by atoms with E-state index in [1.165, 1.54) is 12.1 Å². The summed E-state index contributed by atoms with van der Waals surface area (Å²) in [7, 11) is 0. The Kier molecular flexibility index (Phi) is 4.38. The zero-order valence-corrected chi connectivity index (χ0v) is 11.6. The highest BCUT2D eigenvalue weighted by atomic mass is 35.5. The van der Waals surface area contributed by atoms with Crippen LogP contribution in [0, 0.1) is 0 Å². The molecule has 0 radical (unpaired) electrons. The minimum Gasteiger partial charge on any atom is -0.478 e. The van der Waals surface area contributed by atoms with Crippen LogP contribution in [0.3, 0.4) is 0 Å². The van der Waals surface area contributed by atoms with Gasteiger partial charge in [0.15, 0.2) is 0 Å². The molecule has 0 saturated carbocycles. The van der Waals surface area contributed by atoms with E-state index in [4.69, 9.17) is 16.7 Å². The fourth-order valence-corrected chi connectivity index (χ4v) is 1.84. The highest BCUT2D eigenvalue weighted by molar-refractivity contribution is 6.31. The highest BCUT2D eigenvalue weighted by Crippen LogP contribution is 2.13. The second kappa shape index (κ2) is 6.21. The summed E-state index contributed by atoms with van der Waals surface area (Å²) in [6.07, 6.45) is 0. The van der Waals surface area contributed by atoms with Gasteiger partial charge in [0.25, 0.3) is 0 Å². The molecular formula is C15H13ClN2O2. The number of hydrogen-bond acceptors (Lipinski definition) is 3. The molecule has 0 aliphatic carbocycles. The number of hydrazone groups is 1. The van der Waals surface area contributed by atoms with Gasteiger partial charge < -0.3 is 5.11 Å². The van der Waals surface area contributed by atoms with Crippen LogP contribution in [0.15, 0.2) is 53.6 Å². The lowest BCUT2D eigenvalue weighted by Gasteiger charge is -2.05. The third kappa shape index (κ3) is 3.59. The topological polar surface area (TPSA) is 61.7 Å². The normalized spacial score (nSPS) is 11.2. The van der Waals surface area contributed by atoms with E-state index in [9.17, 15) is 4.79 Å². The van der Waals surface area contributed by atoms with Gasteiger partial charge in [-0.15, -0.1) is 0 Å². The van der Waals surface area contributed by atoms with Crippen molar-refractivity contribution >= 4 is 29.0 Å². The molecule has 0 atom stereocenters. The van der Waals surface area contributed by atoms with Crippen molar-refractivity contribution in [2.45, 2.75) is 6.92 Å². The predicted molar refractivity (Wildman–Crippen MR) is 80.7 cm³/mol. The molecule has 102 valence electrons. The summed E-state index contributed by atoms with van der Waals surface area (Å²) < 4.78 is 0. The quantitative estimate of drug-likeness (QED) is 0.663. The average Bonchev–Trinajstić information content (AvgIpc) is 2.45. The number of carboxylic acids is 1. The molecule has 2 aromatic carbocycles. The first-order chi connectivity index (χ1) is 9.56. The molecule has 0 fully saturated rings. The van der Waals surface area contributed by atoms with Gasteiger partial charge in [0.1, 0.15) is 0 Å². The Morgan fingerprint density at radius 3 is 2.55 bits per heavy atom. The Morgan fingerprint density at radius 1 is 1.15 bits per heavy atom. The molecule has 20 heavy (non-hydrogen) atoms. The number of halogens is 1. The molecule has 2 N–H and O–H groups in total. The minimum absolute atomic E-state index is 0.214. The lowest BCUT2D eigenvalue weighted by Crippen LogP contribution is -2.01. The summed E-state index contributed by atoms with van der Waals surface area (Å²) in [5.74, 6) is -0.968. The van der Waals surface area contributed by atoms with E-state index < -0.39 is 5.97 Å². The Hall–Kier alpha value is -2.33. The number of carbonyl (C=O) groups is 1. The van der Waals surface area contributed by atoms with Crippen molar-refractivity contribution in [2.24, 2.45) is 5.10 Å². The van der Waals surface area contributed by atoms with Crippen molar-refractivity contribution in [3.8, 4) is 0 Å². The van der Waals surface area contributed by atoms with E-state index in [0.29, 0.717) is 10.7 Å². The highest BCUT2D eigenvalue weighted by Gasteiger charge is 2.03. The number of rotatable bonds is 4. The van der Waals surface area contributed by atoms with Crippen LogP contribution in [0.1, 0.15) is 22.8 Å². The summed E-state index contributed by atoms with van der Waals surface area (Å²) in [5.41, 5.74) is 5.33. The molecule has 0 unspecified atom stereocenters. The van der Waals surface area contributed by atoms with Crippen LogP contribution in [0.4, 0.5) is 5.69 Å². The van der Waals surface area contributed by atoms with Crippen molar-refractivity contribution < 1.29 is 9.90 Å². The van der Waals surface area contributed by atoms with Crippen molar-refractivity contribution in [3.63, 3.8) is 0 Å². The lowest BCUT2D eigenvalue weighted by atomic mass is 10.1. The van der Waals surface area contributed by atoms with Gasteiger partial charge in [0.05, 0.1) is 17.0 Å². The second-order valence-corrected chi connectivity index (χ2v) is 4.64. The van der Waals surface area contributed by atoms with Crippen LogP contribution in [0.2, 0.25) is 5.02 Å². The Labute approximate surface area is 121 Å². The maximum Gasteiger partial charge on any atom is 0.335 e. The monoisotopic (exact) mass is 288 g/mol. The van der Waals surface area contributed by atoms with E-state index in [2.05, 4.69) is 10.5 Å². The third-order valence-corrected chi connectivity index (χ3v) is 2.94. The van der Waals surface area contributed by atoms with Crippen molar-refractivity contribution in [3.05, 3.63) is 64.7 Å². The first kappa shape index (κ1) is 14.1. The molecular weight excluding hydrogens is 276 g/mol. The van der Waals surface area contributed by atoms with E-state index in [1.807, 2.05) is 25.1 Å². The summed E-state index contributed by atoms with van der Waals surface area (Å²) in [4.78, 5) is 10.9. The van der Waals surface area contributed by atoms with E-state index >= 15 is 0 Å². The predicted octanol–water partition coefficient (Wildman–Crippen LogP) is 3.87. The molecule has 0 aliphatic heterocycles. The fraction of sp³-hybridized carbons (Fsp3) is 0.0667. The van der Waals surface area contributed by atoms with Crippen LogP contribution < -0.4 is 5.43 Å². The molecule has 0 spiro atoms. The van der Waals surface area contributed by atoms with Gasteiger partial charge in [-0.3, -0.25) is 5.43 Å². The van der Waals surface area contributed by atoms with E-state index in [0.717, 1.165) is 11.3 Å². The number of carboxylic acid groups (broad SMARTS) is 1. The molecule has 0 amide bonds. The summed E-state index contributed by atoms with van der Waals surface area (Å²) in [5, 5.41) is 13.8. The maximum absolute atomic E-state index is 10.9. The molecule has 2 rings (SSSR count). The van der Waals surface area contributed by atoms with Gasteiger partial charge in [-0.2, -0.15) is 5.10 Å². The van der Waals surface area contributed by atoms with Gasteiger partial charge in [0, 0.05) is 5.02 Å². The van der Waals surface area contributed by atoms with Crippen molar-refractivity contribution in [1.29, 1.82) is 0 Å². The summed E-state index contributed by atoms with van der Waals surface area (Å²) in [6.45, 7) is 1.85. The summed E-state index contributed by atoms with van der Waals surface area (Å²) >= 11 is 5.92. The number of benzene rings is 2. The fourth-order valence-electron chi connectivity index (χ4n) is 1.65. The van der Waals surface area contributed by atoms with Gasteiger partial charge in [-0.25, -0.2) is 4.79 Å². The molecule has 2 aromatic rings. The van der Waals surface area contributed by atoms with Gasteiger partial charge in [-0.05, 0) is 42.8 Å². The van der Waals surface area contributed by atoms with Crippen LogP contribution >= 0.6 is 11.6 Å². The third-order valence-electron chi connectivity index (χ3n) is 2.70. The second-order valence-electron chi connectivity index (χ2n) is 4.21. The Morgan fingerprint density at radius 2 is 1.85 bits per heavy atom. The van der Waals surface area contributed by atoms with Gasteiger partial charge in [0.2, 0.25) is 0 Å². The zero-order chi connectivity index (χ0) is 14.5. The number of anilines is 1. The van der Waals surface area contributed by atoms with Crippen LogP contribution in [-0.2, 0) is 0 Å². The first-order valence-corrected chi connectivity index (χ1v) is 6.33. The number of nitrogens with zero attached hydrogens (tertiary/aromatic N) is 1. The Balaban J connectivity index is 2.16. The summed E-state index contributed by atoms with van der Waals surface area (Å²) in [6, 6.07) is 13.8. The molecule has 0 bridgehead atoms. The largest absolute Gasteiger partial charge is 0.478 e. The molecule has 0 saturated heterocycles. The van der Waals surface area contributed by atoms with Crippen LogP contribution in [0.25, 0.3) is 0 Å². The smallest absolute Gasteiger partial charge is 0.335 e. The van der Waals surface area contributed by atoms with E-state index in [1.54, 1.807) is 18.2 Å². The van der Waals surface area contributed by atoms with Crippen LogP contribution in [-0.4, -0.2) is 16.8 Å². The van der Waals surface area contributed by atoms with Crippen molar-refractivity contribution in [2.75, 3.05) is 5.43 Å². The number of aromatic carboxylic acids is 1. The standard InChI is InChI=1S/C15H13ClN2O2/c1-10(11-4-2-6-13(16)8-11)17-18-14-7-3-5-12(9-14)15(19)20/h2-9,18H,1H3,(H,19,20)/b17-10-. The molecule has 4 nitrogen and oxygen atoms in total. The molecule has 5 heteroatoms. The lowest BCUT2D eigenvalue weighted by molar-refractivity contribution is 0.0697. The van der Waals surface area contributed by atoms with E-state index in [-0.39, 0.29) is 5.56 Å². The SMILES string of the molecule is C/C(=N/Nc1cccc(C(=O)O)c1)c1cccc(Cl)c1. The van der Waals surface area contributed by atoms with Gasteiger partial charge in [-0.1, -0.05) is 29.8 Å². The first-order valence-electron chi connectivity index (χ1n) is 5.96. The molecule has 0 aromatic heterocycles. The molecule has 0 aliphatic rings. The maximum atomic E-state index is 10.9. The van der Waals surface area contributed by atoms with Crippen LogP contribution in [0.5, 0.6) is 0 Å². The number of hydrogen-bond donors (Lipinski definition) is 2. The number of nitrogens with one attached hydrogen (secondary N) is 1. The average molecular weight is 289 g/mol. The zero-order valence-electron chi connectivity index (χ0n) is 10.8. The minimum atomic E-state index is -0.968. The molecule has 0 heterocycles. The van der Waals surface area contributed by atoms with Gasteiger partial charge >= 0.3 is 5.97 Å².